The highest BCUT2D eigenvalue weighted by molar-refractivity contribution is 6.32. The lowest BCUT2D eigenvalue weighted by Crippen LogP contribution is -2.50. The third-order valence-corrected chi connectivity index (χ3v) is 6.90. The van der Waals surface area contributed by atoms with Gasteiger partial charge in [0.25, 0.3) is 5.91 Å². The molecule has 0 bridgehead atoms. The van der Waals surface area contributed by atoms with Crippen molar-refractivity contribution in [3.63, 3.8) is 0 Å². The molecule has 0 saturated carbocycles. The first-order chi connectivity index (χ1) is 17.6. The van der Waals surface area contributed by atoms with Gasteiger partial charge in [-0.05, 0) is 57.6 Å². The van der Waals surface area contributed by atoms with Gasteiger partial charge in [-0.3, -0.25) is 4.79 Å². The zero-order chi connectivity index (χ0) is 26.3. The van der Waals surface area contributed by atoms with Gasteiger partial charge in [-0.1, -0.05) is 11.6 Å². The monoisotopic (exact) mass is 522 g/mol. The predicted molar refractivity (Wildman–Crippen MR) is 147 cm³/mol. The van der Waals surface area contributed by atoms with Gasteiger partial charge in [0.2, 0.25) is 5.95 Å². The predicted octanol–water partition coefficient (Wildman–Crippen LogP) is 4.21. The largest absolute Gasteiger partial charge is 0.476 e. The van der Waals surface area contributed by atoms with Crippen LogP contribution in [0.25, 0.3) is 0 Å². The molecule has 10 nitrogen and oxygen atoms in total. The molecule has 4 heterocycles. The number of amides is 1. The minimum Gasteiger partial charge on any atom is -0.476 e. The number of piperazine rings is 1. The molecular weight excluding hydrogens is 492 g/mol. The zero-order valence-electron chi connectivity index (χ0n) is 21.7. The zero-order valence-corrected chi connectivity index (χ0v) is 22.4. The molecule has 0 aliphatic carbocycles. The van der Waals surface area contributed by atoms with E-state index in [9.17, 15) is 4.79 Å². The number of fused-ring (bicyclic) bond motifs is 1. The van der Waals surface area contributed by atoms with E-state index >= 15 is 0 Å². The summed E-state index contributed by atoms with van der Waals surface area (Å²) >= 11 is 6.40. The van der Waals surface area contributed by atoms with Crippen molar-refractivity contribution >= 4 is 52.2 Å². The Morgan fingerprint density at radius 1 is 1.00 bits per heavy atom. The van der Waals surface area contributed by atoms with Crippen LogP contribution in [0.3, 0.4) is 0 Å². The van der Waals surface area contributed by atoms with Crippen LogP contribution in [0.1, 0.15) is 19.4 Å². The number of carbonyl (C=O) groups is 1. The number of anilines is 6. The van der Waals surface area contributed by atoms with E-state index in [4.69, 9.17) is 21.3 Å². The molecule has 1 fully saturated rings. The van der Waals surface area contributed by atoms with E-state index in [2.05, 4.69) is 44.4 Å². The maximum Gasteiger partial charge on any atom is 0.270 e. The molecule has 1 aromatic carbocycles. The highest BCUT2D eigenvalue weighted by Crippen LogP contribution is 2.39. The summed E-state index contributed by atoms with van der Waals surface area (Å²) in [4.78, 5) is 32.4. The average molecular weight is 523 g/mol. The van der Waals surface area contributed by atoms with Crippen LogP contribution in [0.15, 0.2) is 36.7 Å². The van der Waals surface area contributed by atoms with E-state index in [-0.39, 0.29) is 5.91 Å². The normalized spacial score (nSPS) is 17.3. The molecule has 11 heteroatoms. The van der Waals surface area contributed by atoms with Crippen molar-refractivity contribution in [2.45, 2.75) is 26.4 Å². The molecule has 0 atom stereocenters. The summed E-state index contributed by atoms with van der Waals surface area (Å²) in [6.45, 7) is 9.55. The highest BCUT2D eigenvalue weighted by atomic mass is 35.5. The third kappa shape index (κ3) is 5.12. The molecule has 2 N–H and O–H groups in total. The minimum atomic E-state index is -0.914. The van der Waals surface area contributed by atoms with Gasteiger partial charge in [-0.25, -0.2) is 9.97 Å². The molecule has 0 unspecified atom stereocenters. The molecular formula is C26H31ClN8O2. The number of hydrogen-bond acceptors (Lipinski definition) is 9. The highest BCUT2D eigenvalue weighted by Gasteiger charge is 2.39. The standard InChI is InChI=1S/C26H31ClN8O2/c1-16-12-18(14-28-23(16)35-10-8-33(4)9-11-35)31-25-29-15-19(27)22(32-25)30-17-6-7-21-20(13-17)34(5)24(36)26(2,3)37-21/h6-7,12-15H,8-11H2,1-5H3,(H2,29,30,31,32). The van der Waals surface area contributed by atoms with E-state index < -0.39 is 5.60 Å². The lowest BCUT2D eigenvalue weighted by Gasteiger charge is -2.37. The van der Waals surface area contributed by atoms with Gasteiger partial charge in [0.15, 0.2) is 11.4 Å². The Morgan fingerprint density at radius 2 is 1.76 bits per heavy atom. The smallest absolute Gasteiger partial charge is 0.270 e. The summed E-state index contributed by atoms with van der Waals surface area (Å²) in [7, 11) is 3.87. The first-order valence-corrected chi connectivity index (χ1v) is 12.6. The summed E-state index contributed by atoms with van der Waals surface area (Å²) in [5.41, 5.74) is 2.34. The van der Waals surface area contributed by atoms with E-state index in [0.29, 0.717) is 33.9 Å². The first kappa shape index (κ1) is 25.0. The number of nitrogens with zero attached hydrogens (tertiary/aromatic N) is 6. The lowest BCUT2D eigenvalue weighted by atomic mass is 10.0. The van der Waals surface area contributed by atoms with Crippen molar-refractivity contribution in [2.75, 3.05) is 60.7 Å². The van der Waals surface area contributed by atoms with Crippen LogP contribution < -0.4 is 25.2 Å². The SMILES string of the molecule is Cc1cc(Nc2ncc(Cl)c(Nc3ccc4c(c3)N(C)C(=O)C(C)(C)O4)n2)cnc1N1CCN(C)CC1. The van der Waals surface area contributed by atoms with E-state index in [1.807, 2.05) is 24.3 Å². The molecule has 1 amide bonds. The van der Waals surface area contributed by atoms with Crippen LogP contribution in [0.2, 0.25) is 5.02 Å². The summed E-state index contributed by atoms with van der Waals surface area (Å²) in [6.07, 6.45) is 3.33. The second-order valence-electron chi connectivity index (χ2n) is 9.95. The number of nitrogens with one attached hydrogen (secondary N) is 2. The summed E-state index contributed by atoms with van der Waals surface area (Å²) in [5, 5.41) is 6.82. The fraction of sp³-hybridized carbons (Fsp3) is 0.385. The molecule has 1 saturated heterocycles. The van der Waals surface area contributed by atoms with Crippen LogP contribution >= 0.6 is 11.6 Å². The lowest BCUT2D eigenvalue weighted by molar-refractivity contribution is -0.132. The van der Waals surface area contributed by atoms with Gasteiger partial charge in [0.1, 0.15) is 16.6 Å². The van der Waals surface area contributed by atoms with E-state index in [1.165, 1.54) is 6.20 Å². The van der Waals surface area contributed by atoms with Gasteiger partial charge in [0, 0.05) is 38.9 Å². The van der Waals surface area contributed by atoms with Gasteiger partial charge in [-0.2, -0.15) is 4.98 Å². The van der Waals surface area contributed by atoms with Crippen molar-refractivity contribution in [3.8, 4) is 5.75 Å². The average Bonchev–Trinajstić information content (AvgIpc) is 2.86. The number of carbonyl (C=O) groups excluding carboxylic acids is 1. The number of likely N-dealkylation sites (N-methyl/N-ethyl adjacent to an activating group) is 2. The van der Waals surface area contributed by atoms with Crippen molar-refractivity contribution in [1.82, 2.24) is 19.9 Å². The summed E-state index contributed by atoms with van der Waals surface area (Å²) in [6, 6.07) is 7.56. The number of pyridine rings is 1. The van der Waals surface area contributed by atoms with Crippen molar-refractivity contribution in [3.05, 3.63) is 47.2 Å². The van der Waals surface area contributed by atoms with Gasteiger partial charge in [-0.15, -0.1) is 0 Å². The van der Waals surface area contributed by atoms with Gasteiger partial charge in [0.05, 0.1) is 23.8 Å². The Kier molecular flexibility index (Phi) is 6.55. The maximum atomic E-state index is 12.6. The molecule has 2 aliphatic heterocycles. The van der Waals surface area contributed by atoms with Gasteiger partial charge < -0.3 is 30.1 Å². The molecule has 2 aromatic heterocycles. The number of benzene rings is 1. The summed E-state index contributed by atoms with van der Waals surface area (Å²) < 4.78 is 5.89. The number of halogens is 1. The second-order valence-corrected chi connectivity index (χ2v) is 10.4. The first-order valence-electron chi connectivity index (χ1n) is 12.2. The fourth-order valence-corrected chi connectivity index (χ4v) is 4.68. The Morgan fingerprint density at radius 3 is 2.49 bits per heavy atom. The molecule has 2 aliphatic rings. The van der Waals surface area contributed by atoms with E-state index in [0.717, 1.165) is 43.2 Å². The summed E-state index contributed by atoms with van der Waals surface area (Å²) in [5.74, 6) is 2.34. The van der Waals surface area contributed by atoms with Crippen LogP contribution in [0.4, 0.5) is 34.6 Å². The van der Waals surface area contributed by atoms with E-state index in [1.54, 1.807) is 32.0 Å². The van der Waals surface area contributed by atoms with Crippen molar-refractivity contribution in [1.29, 1.82) is 0 Å². The van der Waals surface area contributed by atoms with Crippen molar-refractivity contribution < 1.29 is 9.53 Å². The van der Waals surface area contributed by atoms with Crippen LogP contribution in [0, 0.1) is 6.92 Å². The maximum absolute atomic E-state index is 12.6. The topological polar surface area (TPSA) is 98.8 Å². The Hall–Kier alpha value is -3.63. The number of hydrogen-bond donors (Lipinski definition) is 2. The number of aromatic nitrogens is 3. The van der Waals surface area contributed by atoms with Crippen molar-refractivity contribution in [2.24, 2.45) is 0 Å². The fourth-order valence-electron chi connectivity index (χ4n) is 4.54. The number of aryl methyl sites for hydroxylation is 1. The third-order valence-electron chi connectivity index (χ3n) is 6.62. The minimum absolute atomic E-state index is 0.119. The second kappa shape index (κ2) is 9.68. The molecule has 194 valence electrons. The van der Waals surface area contributed by atoms with Crippen LogP contribution in [-0.2, 0) is 4.79 Å². The van der Waals surface area contributed by atoms with Crippen LogP contribution in [-0.4, -0.2) is 71.6 Å². The van der Waals surface area contributed by atoms with Gasteiger partial charge >= 0.3 is 0 Å². The number of ether oxygens (including phenoxy) is 1. The Bertz CT molecular complexity index is 1340. The molecule has 0 spiro atoms. The molecule has 37 heavy (non-hydrogen) atoms. The molecule has 3 aromatic rings. The number of rotatable bonds is 5. The Labute approximate surface area is 221 Å². The quantitative estimate of drug-likeness (QED) is 0.510. The molecule has 5 rings (SSSR count). The molecule has 0 radical (unpaired) electrons. The van der Waals surface area contributed by atoms with Crippen LogP contribution in [0.5, 0.6) is 5.75 Å². The Balaban J connectivity index is 1.32.